The summed E-state index contributed by atoms with van der Waals surface area (Å²) in [6, 6.07) is 0. The molecule has 3 rings (SSSR count). The monoisotopic (exact) mass is 252 g/mol. The predicted molar refractivity (Wildman–Crippen MR) is 71.0 cm³/mol. The molecule has 1 aliphatic heterocycles. The van der Waals surface area contributed by atoms with Crippen LogP contribution in [-0.4, -0.2) is 21.8 Å². The summed E-state index contributed by atoms with van der Waals surface area (Å²) in [5.74, 6) is 2.84. The van der Waals surface area contributed by atoms with Crippen LogP contribution in [0.4, 0.5) is 0 Å². The third kappa shape index (κ3) is 2.02. The molecule has 3 heteroatoms. The van der Waals surface area contributed by atoms with Gasteiger partial charge >= 0.3 is 8.56 Å². The molecule has 0 aromatic rings. The third-order valence-electron chi connectivity index (χ3n) is 5.19. The van der Waals surface area contributed by atoms with Crippen molar-refractivity contribution < 1.29 is 8.85 Å². The van der Waals surface area contributed by atoms with Gasteiger partial charge in [0.05, 0.1) is 0 Å². The van der Waals surface area contributed by atoms with E-state index in [1.165, 1.54) is 12.8 Å². The van der Waals surface area contributed by atoms with Crippen LogP contribution in [0, 0.1) is 23.7 Å². The second kappa shape index (κ2) is 4.21. The number of hydrogen-bond acceptors (Lipinski definition) is 2. The van der Waals surface area contributed by atoms with Gasteiger partial charge in [0.25, 0.3) is 0 Å². The first-order valence-corrected chi connectivity index (χ1v) is 9.44. The lowest BCUT2D eigenvalue weighted by Crippen LogP contribution is -2.45. The van der Waals surface area contributed by atoms with Gasteiger partial charge in [0.2, 0.25) is 0 Å². The molecule has 2 fully saturated rings. The van der Waals surface area contributed by atoms with Gasteiger partial charge in [-0.3, -0.25) is 0 Å². The summed E-state index contributed by atoms with van der Waals surface area (Å²) in [6.45, 7) is 8.68. The van der Waals surface area contributed by atoms with Crippen LogP contribution < -0.4 is 0 Å². The summed E-state index contributed by atoms with van der Waals surface area (Å²) in [6.07, 6.45) is 7.49. The standard InChI is InChI=1S/C14H24O2Si/c1-10-8-15-17(3,16-9-11(10)2)14-7-12-4-5-13(14)6-12/h4-5,10-14H,6-9H2,1-3H3. The molecule has 0 aromatic carbocycles. The summed E-state index contributed by atoms with van der Waals surface area (Å²) < 4.78 is 12.6. The van der Waals surface area contributed by atoms with Gasteiger partial charge in [-0.2, -0.15) is 0 Å². The molecule has 2 nitrogen and oxygen atoms in total. The first-order valence-electron chi connectivity index (χ1n) is 7.05. The molecule has 96 valence electrons. The van der Waals surface area contributed by atoms with Crippen molar-refractivity contribution in [2.45, 2.75) is 38.8 Å². The van der Waals surface area contributed by atoms with Crippen LogP contribution in [0.25, 0.3) is 0 Å². The maximum absolute atomic E-state index is 6.29. The first kappa shape index (κ1) is 11.9. The zero-order chi connectivity index (χ0) is 12.0. The minimum absolute atomic E-state index is 0.637. The Hall–Kier alpha value is -0.123. The number of hydrogen-bond donors (Lipinski definition) is 0. The van der Waals surface area contributed by atoms with E-state index >= 15 is 0 Å². The lowest BCUT2D eigenvalue weighted by molar-refractivity contribution is 0.185. The van der Waals surface area contributed by atoms with E-state index in [1.54, 1.807) is 0 Å². The molecule has 3 aliphatic rings. The Morgan fingerprint density at radius 1 is 1.00 bits per heavy atom. The molecule has 1 saturated heterocycles. The molecule has 0 aromatic heterocycles. The molecule has 0 N–H and O–H groups in total. The Morgan fingerprint density at radius 2 is 1.65 bits per heavy atom. The second-order valence-corrected chi connectivity index (χ2v) is 9.83. The van der Waals surface area contributed by atoms with Crippen molar-refractivity contribution in [3.05, 3.63) is 12.2 Å². The fraction of sp³-hybridized carbons (Fsp3) is 0.857. The van der Waals surface area contributed by atoms with Crippen LogP contribution >= 0.6 is 0 Å². The smallest absolute Gasteiger partial charge is 0.338 e. The molecule has 0 spiro atoms. The maximum atomic E-state index is 6.29. The van der Waals surface area contributed by atoms with Gasteiger partial charge in [-0.1, -0.05) is 26.0 Å². The zero-order valence-electron chi connectivity index (χ0n) is 11.2. The third-order valence-corrected chi connectivity index (χ3v) is 8.68. The average Bonchev–Trinajstić information content (AvgIpc) is 2.92. The van der Waals surface area contributed by atoms with Crippen molar-refractivity contribution in [3.8, 4) is 0 Å². The van der Waals surface area contributed by atoms with Gasteiger partial charge in [0.15, 0.2) is 0 Å². The van der Waals surface area contributed by atoms with Crippen molar-refractivity contribution in [1.29, 1.82) is 0 Å². The Balaban J connectivity index is 1.75. The van der Waals surface area contributed by atoms with E-state index < -0.39 is 8.56 Å². The molecule has 2 aliphatic carbocycles. The molecule has 1 saturated carbocycles. The van der Waals surface area contributed by atoms with Crippen LogP contribution in [0.15, 0.2) is 12.2 Å². The van der Waals surface area contributed by atoms with E-state index in [4.69, 9.17) is 8.85 Å². The number of allylic oxidation sites excluding steroid dienone is 2. The highest BCUT2D eigenvalue weighted by Gasteiger charge is 2.52. The lowest BCUT2D eigenvalue weighted by atomic mass is 9.98. The molecule has 0 radical (unpaired) electrons. The van der Waals surface area contributed by atoms with Crippen LogP contribution in [0.3, 0.4) is 0 Å². The van der Waals surface area contributed by atoms with Gasteiger partial charge < -0.3 is 8.85 Å². The molecular weight excluding hydrogens is 228 g/mol. The van der Waals surface area contributed by atoms with Gasteiger partial charge in [-0.05, 0) is 43.1 Å². The normalized spacial score (nSPS) is 53.9. The molecule has 5 atom stereocenters. The Labute approximate surface area is 106 Å². The Bertz CT molecular complexity index is 316. The summed E-state index contributed by atoms with van der Waals surface area (Å²) >= 11 is 0. The summed E-state index contributed by atoms with van der Waals surface area (Å²) in [5, 5.41) is 0. The van der Waals surface area contributed by atoms with Crippen molar-refractivity contribution in [3.63, 3.8) is 0 Å². The zero-order valence-corrected chi connectivity index (χ0v) is 12.2. The van der Waals surface area contributed by atoms with Crippen LogP contribution in [0.5, 0.6) is 0 Å². The van der Waals surface area contributed by atoms with E-state index in [0.29, 0.717) is 17.4 Å². The van der Waals surface area contributed by atoms with E-state index in [-0.39, 0.29) is 0 Å². The Kier molecular flexibility index (Phi) is 2.96. The molecule has 1 heterocycles. The lowest BCUT2D eigenvalue weighted by Gasteiger charge is -2.34. The van der Waals surface area contributed by atoms with Crippen LogP contribution in [0.2, 0.25) is 12.1 Å². The summed E-state index contributed by atoms with van der Waals surface area (Å²) in [7, 11) is -1.94. The van der Waals surface area contributed by atoms with E-state index in [9.17, 15) is 0 Å². The van der Waals surface area contributed by atoms with Gasteiger partial charge in [0.1, 0.15) is 0 Å². The molecule has 17 heavy (non-hydrogen) atoms. The molecule has 2 bridgehead atoms. The highest BCUT2D eigenvalue weighted by Crippen LogP contribution is 2.52. The summed E-state index contributed by atoms with van der Waals surface area (Å²) in [5.41, 5.74) is 0.704. The van der Waals surface area contributed by atoms with Crippen molar-refractivity contribution in [2.75, 3.05) is 13.2 Å². The second-order valence-electron chi connectivity index (χ2n) is 6.48. The van der Waals surface area contributed by atoms with Crippen molar-refractivity contribution in [1.82, 2.24) is 0 Å². The SMILES string of the molecule is CC1CO[Si](C)(C2CC3C=CC2C3)OCC1C. The van der Waals surface area contributed by atoms with E-state index in [2.05, 4.69) is 32.5 Å². The minimum atomic E-state index is -1.94. The fourth-order valence-electron chi connectivity index (χ4n) is 3.56. The van der Waals surface area contributed by atoms with Crippen LogP contribution in [0.1, 0.15) is 26.7 Å². The number of fused-ring (bicyclic) bond motifs is 2. The van der Waals surface area contributed by atoms with E-state index in [1.807, 2.05) is 0 Å². The predicted octanol–water partition coefficient (Wildman–Crippen LogP) is 3.34. The quantitative estimate of drug-likeness (QED) is 0.526. The fourth-order valence-corrected chi connectivity index (χ4v) is 7.02. The maximum Gasteiger partial charge on any atom is 0.338 e. The molecule has 5 unspecified atom stereocenters. The molecular formula is C14H24O2Si. The highest BCUT2D eigenvalue weighted by atomic mass is 28.4. The van der Waals surface area contributed by atoms with Crippen molar-refractivity contribution in [2.24, 2.45) is 23.7 Å². The summed E-state index contributed by atoms with van der Waals surface area (Å²) in [4.78, 5) is 0. The first-order chi connectivity index (χ1) is 8.08. The van der Waals surface area contributed by atoms with Gasteiger partial charge in [0, 0.05) is 18.8 Å². The largest absolute Gasteiger partial charge is 0.394 e. The van der Waals surface area contributed by atoms with Gasteiger partial charge in [-0.15, -0.1) is 0 Å². The minimum Gasteiger partial charge on any atom is -0.394 e. The Morgan fingerprint density at radius 3 is 2.12 bits per heavy atom. The number of rotatable bonds is 1. The topological polar surface area (TPSA) is 18.5 Å². The molecule has 0 amide bonds. The highest BCUT2D eigenvalue weighted by molar-refractivity contribution is 6.67. The average molecular weight is 252 g/mol. The van der Waals surface area contributed by atoms with Gasteiger partial charge in [-0.25, -0.2) is 0 Å². The van der Waals surface area contributed by atoms with Crippen molar-refractivity contribution >= 4 is 8.56 Å². The van der Waals surface area contributed by atoms with E-state index in [0.717, 1.165) is 25.0 Å². The van der Waals surface area contributed by atoms with Crippen LogP contribution in [-0.2, 0) is 8.85 Å².